The summed E-state index contributed by atoms with van der Waals surface area (Å²) in [5, 5.41) is 5.20. The molecule has 0 saturated heterocycles. The molecule has 0 saturated carbocycles. The molecule has 0 bridgehead atoms. The molecule has 0 atom stereocenters. The highest BCUT2D eigenvalue weighted by molar-refractivity contribution is 7.20. The van der Waals surface area contributed by atoms with Gasteiger partial charge >= 0.3 is 0 Å². The minimum Gasteiger partial charge on any atom is -0.494 e. The molecule has 0 aliphatic rings. The molecule has 4 aromatic rings. The fraction of sp³-hybridized carbons (Fsp3) is 0.250. The zero-order chi connectivity index (χ0) is 25.2. The van der Waals surface area contributed by atoms with Gasteiger partial charge in [0, 0.05) is 0 Å². The molecule has 36 heavy (non-hydrogen) atoms. The van der Waals surface area contributed by atoms with Gasteiger partial charge in [0.2, 0.25) is 0 Å². The zero-order valence-electron chi connectivity index (χ0n) is 20.7. The fourth-order valence-corrected chi connectivity index (χ4v) is 4.29. The minimum absolute atomic E-state index is 0.558. The highest BCUT2D eigenvalue weighted by Crippen LogP contribution is 2.28. The maximum atomic E-state index is 5.82. The molecule has 1 heterocycles. The SMILES string of the molecule is CCCCOc1ccc(C=NNC(=Nc2ccc(OCC)cc2)c2nc3ccccc3s2)cc1OC. The van der Waals surface area contributed by atoms with Crippen molar-refractivity contribution in [3.8, 4) is 17.2 Å². The van der Waals surface area contributed by atoms with E-state index in [1.807, 2.05) is 73.7 Å². The van der Waals surface area contributed by atoms with Crippen molar-refractivity contribution in [3.05, 3.63) is 77.3 Å². The fourth-order valence-electron chi connectivity index (χ4n) is 3.38. The van der Waals surface area contributed by atoms with E-state index < -0.39 is 0 Å². The van der Waals surface area contributed by atoms with E-state index in [4.69, 9.17) is 24.2 Å². The predicted molar refractivity (Wildman–Crippen MR) is 148 cm³/mol. The Kier molecular flexibility index (Phi) is 8.88. The van der Waals surface area contributed by atoms with Gasteiger partial charge in [-0.1, -0.05) is 25.5 Å². The van der Waals surface area contributed by atoms with Crippen LogP contribution in [0.5, 0.6) is 17.2 Å². The number of para-hydroxylation sites is 1. The summed E-state index contributed by atoms with van der Waals surface area (Å²) in [7, 11) is 1.63. The zero-order valence-corrected chi connectivity index (χ0v) is 21.5. The van der Waals surface area contributed by atoms with E-state index in [0.717, 1.165) is 50.8 Å². The molecular weight excluding hydrogens is 472 g/mol. The first-order valence-corrected chi connectivity index (χ1v) is 12.8. The van der Waals surface area contributed by atoms with Crippen LogP contribution in [0.15, 0.2) is 76.8 Å². The van der Waals surface area contributed by atoms with E-state index in [0.29, 0.717) is 24.8 Å². The van der Waals surface area contributed by atoms with Crippen molar-refractivity contribution in [3.63, 3.8) is 0 Å². The van der Waals surface area contributed by atoms with Gasteiger partial charge in [-0.25, -0.2) is 9.98 Å². The lowest BCUT2D eigenvalue weighted by Crippen LogP contribution is -2.18. The van der Waals surface area contributed by atoms with Gasteiger partial charge in [-0.3, -0.25) is 5.43 Å². The van der Waals surface area contributed by atoms with E-state index >= 15 is 0 Å². The third kappa shape index (κ3) is 6.60. The van der Waals surface area contributed by atoms with Gasteiger partial charge < -0.3 is 14.2 Å². The molecule has 0 radical (unpaired) electrons. The van der Waals surface area contributed by atoms with Crippen LogP contribution >= 0.6 is 11.3 Å². The summed E-state index contributed by atoms with van der Waals surface area (Å²) in [5.74, 6) is 2.76. The molecular formula is C28H30N4O3S. The lowest BCUT2D eigenvalue weighted by atomic mass is 10.2. The molecule has 0 unspecified atom stereocenters. The summed E-state index contributed by atoms with van der Waals surface area (Å²) in [5.41, 5.74) is 5.65. The van der Waals surface area contributed by atoms with Gasteiger partial charge in [-0.05, 0) is 73.5 Å². The number of amidine groups is 1. The number of nitrogens with zero attached hydrogens (tertiary/aromatic N) is 3. The number of fused-ring (bicyclic) bond motifs is 1. The number of hydrazone groups is 1. The van der Waals surface area contributed by atoms with Gasteiger partial charge in [0.25, 0.3) is 0 Å². The minimum atomic E-state index is 0.558. The van der Waals surface area contributed by atoms with E-state index in [1.54, 1.807) is 24.7 Å². The Morgan fingerprint density at radius 3 is 2.58 bits per heavy atom. The molecule has 1 N–H and O–H groups in total. The second-order valence-electron chi connectivity index (χ2n) is 7.86. The molecule has 186 valence electrons. The number of rotatable bonds is 11. The molecule has 7 nitrogen and oxygen atoms in total. The number of aliphatic imine (C=N–C) groups is 1. The quantitative estimate of drug-likeness (QED) is 0.108. The lowest BCUT2D eigenvalue weighted by Gasteiger charge is -2.10. The van der Waals surface area contributed by atoms with Crippen molar-refractivity contribution in [2.45, 2.75) is 26.7 Å². The second kappa shape index (κ2) is 12.7. The Labute approximate surface area is 215 Å². The summed E-state index contributed by atoms with van der Waals surface area (Å²) in [6.45, 7) is 5.37. The average Bonchev–Trinajstić information content (AvgIpc) is 3.34. The first kappa shape index (κ1) is 25.2. The first-order valence-electron chi connectivity index (χ1n) is 12.0. The predicted octanol–water partition coefficient (Wildman–Crippen LogP) is 6.58. The van der Waals surface area contributed by atoms with E-state index in [9.17, 15) is 0 Å². The topological polar surface area (TPSA) is 77.3 Å². The number of benzene rings is 3. The normalized spacial score (nSPS) is 11.7. The van der Waals surface area contributed by atoms with Gasteiger partial charge in [0.05, 0.1) is 42.4 Å². The molecule has 0 aliphatic carbocycles. The summed E-state index contributed by atoms with van der Waals surface area (Å²) in [4.78, 5) is 9.53. The molecule has 0 spiro atoms. The Morgan fingerprint density at radius 2 is 1.83 bits per heavy atom. The van der Waals surface area contributed by atoms with Crippen LogP contribution in [0.2, 0.25) is 0 Å². The van der Waals surface area contributed by atoms with Crippen molar-refractivity contribution in [2.24, 2.45) is 10.1 Å². The van der Waals surface area contributed by atoms with Crippen LogP contribution in [0.4, 0.5) is 5.69 Å². The number of hydrogen-bond acceptors (Lipinski definition) is 7. The van der Waals surface area contributed by atoms with Crippen molar-refractivity contribution >= 4 is 39.3 Å². The standard InChI is InChI=1S/C28H30N4O3S/c1-4-6-17-35-24-16-11-20(18-25(24)33-3)19-29-32-27(28-31-23-9-7-8-10-26(23)36-28)30-21-12-14-22(15-13-21)34-5-2/h7-16,18-19H,4-6,17H2,1-3H3,(H,30,32). The molecule has 8 heteroatoms. The number of methoxy groups -OCH3 is 1. The molecule has 1 aromatic heterocycles. The number of nitrogens with one attached hydrogen (secondary N) is 1. The van der Waals surface area contributed by atoms with Crippen LogP contribution in [-0.4, -0.2) is 37.4 Å². The van der Waals surface area contributed by atoms with Crippen molar-refractivity contribution in [1.82, 2.24) is 10.4 Å². The molecule has 0 fully saturated rings. The average molecular weight is 503 g/mol. The number of aromatic nitrogens is 1. The summed E-state index contributed by atoms with van der Waals surface area (Å²) in [6.07, 6.45) is 3.80. The van der Waals surface area contributed by atoms with Crippen molar-refractivity contribution < 1.29 is 14.2 Å². The third-order valence-electron chi connectivity index (χ3n) is 5.21. The van der Waals surface area contributed by atoms with Crippen LogP contribution < -0.4 is 19.6 Å². The molecule has 3 aromatic carbocycles. The van der Waals surface area contributed by atoms with Crippen LogP contribution in [0, 0.1) is 0 Å². The van der Waals surface area contributed by atoms with E-state index in [1.165, 1.54) is 0 Å². The highest BCUT2D eigenvalue weighted by atomic mass is 32.1. The first-order chi connectivity index (χ1) is 17.7. The third-order valence-corrected chi connectivity index (χ3v) is 6.26. The van der Waals surface area contributed by atoms with Crippen molar-refractivity contribution in [2.75, 3.05) is 20.3 Å². The summed E-state index contributed by atoms with van der Waals surface area (Å²) in [6, 6.07) is 21.4. The Hall–Kier alpha value is -3.91. The number of thiazole rings is 1. The van der Waals surface area contributed by atoms with Gasteiger partial charge in [0.1, 0.15) is 5.75 Å². The summed E-state index contributed by atoms with van der Waals surface area (Å²) >= 11 is 1.56. The van der Waals surface area contributed by atoms with Gasteiger partial charge in [-0.15, -0.1) is 11.3 Å². The van der Waals surface area contributed by atoms with Gasteiger partial charge in [-0.2, -0.15) is 5.10 Å². The maximum Gasteiger partial charge on any atom is 0.183 e. The molecule has 0 amide bonds. The number of unbranched alkanes of at least 4 members (excludes halogenated alkanes) is 1. The van der Waals surface area contributed by atoms with E-state index in [-0.39, 0.29) is 0 Å². The Morgan fingerprint density at radius 1 is 1.00 bits per heavy atom. The van der Waals surface area contributed by atoms with Gasteiger partial charge in [0.15, 0.2) is 22.3 Å². The van der Waals surface area contributed by atoms with Crippen LogP contribution in [0.1, 0.15) is 37.3 Å². The monoisotopic (exact) mass is 502 g/mol. The number of ether oxygens (including phenoxy) is 3. The van der Waals surface area contributed by atoms with E-state index in [2.05, 4.69) is 17.5 Å². The van der Waals surface area contributed by atoms with Crippen molar-refractivity contribution in [1.29, 1.82) is 0 Å². The smallest absolute Gasteiger partial charge is 0.183 e. The Bertz CT molecular complexity index is 1300. The van der Waals surface area contributed by atoms with Crippen LogP contribution in [0.25, 0.3) is 10.2 Å². The summed E-state index contributed by atoms with van der Waals surface area (Å²) < 4.78 is 18.0. The van der Waals surface area contributed by atoms with Crippen LogP contribution in [-0.2, 0) is 0 Å². The molecule has 0 aliphatic heterocycles. The van der Waals surface area contributed by atoms with Crippen LogP contribution in [0.3, 0.4) is 0 Å². The highest BCUT2D eigenvalue weighted by Gasteiger charge is 2.11. The number of hydrogen-bond donors (Lipinski definition) is 1. The lowest BCUT2D eigenvalue weighted by molar-refractivity contribution is 0.288. The molecule has 4 rings (SSSR count). The largest absolute Gasteiger partial charge is 0.494 e. The Balaban J connectivity index is 1.57. The second-order valence-corrected chi connectivity index (χ2v) is 8.89. The maximum absolute atomic E-state index is 5.82.